The smallest absolute Gasteiger partial charge is 0.357 e. The molecule has 3 amide bonds. The molecule has 7 nitrogen and oxygen atoms in total. The highest BCUT2D eigenvalue weighted by molar-refractivity contribution is 6.30. The van der Waals surface area contributed by atoms with Gasteiger partial charge in [0.25, 0.3) is 5.91 Å². The second kappa shape index (κ2) is 5.87. The van der Waals surface area contributed by atoms with E-state index in [4.69, 9.17) is 16.3 Å². The minimum atomic E-state index is -1.08. The van der Waals surface area contributed by atoms with Crippen molar-refractivity contribution in [3.05, 3.63) is 29.0 Å². The first-order chi connectivity index (χ1) is 9.49. The number of carbonyl (C=O) groups is 3. The van der Waals surface area contributed by atoms with Gasteiger partial charge in [0.1, 0.15) is 5.69 Å². The van der Waals surface area contributed by atoms with Crippen LogP contribution in [0.15, 0.2) is 18.3 Å². The number of halogens is 1. The summed E-state index contributed by atoms with van der Waals surface area (Å²) in [6, 6.07) is 2.37. The Morgan fingerprint density at radius 3 is 2.90 bits per heavy atom. The van der Waals surface area contributed by atoms with Gasteiger partial charge in [-0.1, -0.05) is 11.6 Å². The van der Waals surface area contributed by atoms with Crippen molar-refractivity contribution in [3.8, 4) is 0 Å². The van der Waals surface area contributed by atoms with Crippen LogP contribution >= 0.6 is 11.6 Å². The maximum absolute atomic E-state index is 11.9. The van der Waals surface area contributed by atoms with Crippen LogP contribution in [0.25, 0.3) is 0 Å². The largest absolute Gasteiger partial charge is 0.448 e. The van der Waals surface area contributed by atoms with Crippen molar-refractivity contribution >= 4 is 29.5 Å². The number of ether oxygens (including phenoxy) is 1. The quantitative estimate of drug-likeness (QED) is 0.835. The summed E-state index contributed by atoms with van der Waals surface area (Å²) < 4.78 is 4.98. The molecule has 0 aromatic carbocycles. The summed E-state index contributed by atoms with van der Waals surface area (Å²) in [7, 11) is 0. The lowest BCUT2D eigenvalue weighted by Gasteiger charge is -2.17. The number of nitrogens with zero attached hydrogens (tertiary/aromatic N) is 2. The third-order valence-corrected chi connectivity index (χ3v) is 2.92. The Balaban J connectivity index is 2.00. The summed E-state index contributed by atoms with van der Waals surface area (Å²) in [5, 5.41) is 2.83. The predicted octanol–water partition coefficient (Wildman–Crippen LogP) is 0.832. The van der Waals surface area contributed by atoms with Crippen LogP contribution in [0.4, 0.5) is 4.79 Å². The summed E-state index contributed by atoms with van der Waals surface area (Å²) in [4.78, 5) is 39.9. The molecule has 2 rings (SSSR count). The van der Waals surface area contributed by atoms with Gasteiger partial charge in [0.2, 0.25) is 0 Å². The van der Waals surface area contributed by atoms with Crippen molar-refractivity contribution in [2.75, 3.05) is 13.1 Å². The molecular weight excluding hydrogens is 286 g/mol. The number of carbonyl (C=O) groups excluding carboxylic acids is 3. The number of pyridine rings is 1. The summed E-state index contributed by atoms with van der Waals surface area (Å²) in [5.74, 6) is -1.34. The number of amides is 3. The average molecular weight is 298 g/mol. The minimum absolute atomic E-state index is 0.00280. The molecule has 1 aromatic rings. The van der Waals surface area contributed by atoms with Gasteiger partial charge in [0.15, 0.2) is 6.10 Å². The fourth-order valence-electron chi connectivity index (χ4n) is 1.69. The normalized spacial score (nSPS) is 15.7. The molecule has 0 saturated carbocycles. The van der Waals surface area contributed by atoms with E-state index >= 15 is 0 Å². The number of urea groups is 1. The summed E-state index contributed by atoms with van der Waals surface area (Å²) >= 11 is 5.73. The van der Waals surface area contributed by atoms with E-state index in [1.54, 1.807) is 0 Å². The van der Waals surface area contributed by atoms with Gasteiger partial charge >= 0.3 is 12.0 Å². The first kappa shape index (κ1) is 14.3. The molecule has 1 atom stereocenters. The maximum Gasteiger partial charge on any atom is 0.357 e. The molecule has 0 spiro atoms. The number of hydrogen-bond donors (Lipinski definition) is 1. The Hall–Kier alpha value is -2.15. The van der Waals surface area contributed by atoms with Gasteiger partial charge in [-0.3, -0.25) is 9.69 Å². The van der Waals surface area contributed by atoms with Crippen LogP contribution in [-0.4, -0.2) is 47.0 Å². The Morgan fingerprint density at radius 2 is 2.30 bits per heavy atom. The fraction of sp³-hybridized carbons (Fsp3) is 0.333. The summed E-state index contributed by atoms with van der Waals surface area (Å²) in [6.07, 6.45) is 0.284. The van der Waals surface area contributed by atoms with Crippen molar-refractivity contribution in [2.45, 2.75) is 13.0 Å². The second-order valence-corrected chi connectivity index (χ2v) is 4.57. The van der Waals surface area contributed by atoms with Crippen molar-refractivity contribution in [2.24, 2.45) is 0 Å². The lowest BCUT2D eigenvalue weighted by Crippen LogP contribution is -2.41. The number of hydrogen-bond acceptors (Lipinski definition) is 5. The van der Waals surface area contributed by atoms with Gasteiger partial charge < -0.3 is 10.1 Å². The maximum atomic E-state index is 11.9. The lowest BCUT2D eigenvalue weighted by atomic mass is 10.3. The average Bonchev–Trinajstić information content (AvgIpc) is 2.84. The second-order valence-electron chi connectivity index (χ2n) is 4.13. The van der Waals surface area contributed by atoms with Crippen molar-refractivity contribution in [1.29, 1.82) is 0 Å². The van der Waals surface area contributed by atoms with Gasteiger partial charge in [0.05, 0.1) is 0 Å². The van der Waals surface area contributed by atoms with Crippen LogP contribution in [0, 0.1) is 0 Å². The highest BCUT2D eigenvalue weighted by Crippen LogP contribution is 2.11. The Kier molecular flexibility index (Phi) is 4.19. The molecule has 1 N–H and O–H groups in total. The summed E-state index contributed by atoms with van der Waals surface area (Å²) in [6.45, 7) is 2.05. The number of rotatable bonds is 3. The molecule has 1 aliphatic heterocycles. The molecule has 8 heteroatoms. The Bertz CT molecular complexity index is 563. The first-order valence-corrected chi connectivity index (χ1v) is 6.28. The Labute approximate surface area is 119 Å². The Morgan fingerprint density at radius 1 is 1.55 bits per heavy atom. The van der Waals surface area contributed by atoms with Crippen molar-refractivity contribution in [3.63, 3.8) is 0 Å². The number of imide groups is 1. The highest BCUT2D eigenvalue weighted by Gasteiger charge is 2.31. The third-order valence-electron chi connectivity index (χ3n) is 2.69. The van der Waals surface area contributed by atoms with E-state index < -0.39 is 24.0 Å². The zero-order chi connectivity index (χ0) is 14.7. The van der Waals surface area contributed by atoms with Gasteiger partial charge in [-0.05, 0) is 19.1 Å². The van der Waals surface area contributed by atoms with E-state index in [1.807, 2.05) is 0 Å². The molecule has 1 aromatic heterocycles. The SMILES string of the molecule is C[C@@H](OC(=O)c1cc(Cl)ccn1)C(=O)N1CCNC1=O. The van der Waals surface area contributed by atoms with Crippen LogP contribution in [-0.2, 0) is 9.53 Å². The van der Waals surface area contributed by atoms with Crippen molar-refractivity contribution in [1.82, 2.24) is 15.2 Å². The van der Waals surface area contributed by atoms with Crippen LogP contribution in [0.2, 0.25) is 5.02 Å². The highest BCUT2D eigenvalue weighted by atomic mass is 35.5. The molecule has 0 bridgehead atoms. The van der Waals surface area contributed by atoms with Gasteiger partial charge in [0, 0.05) is 24.3 Å². The van der Waals surface area contributed by atoms with E-state index in [1.165, 1.54) is 25.3 Å². The monoisotopic (exact) mass is 297 g/mol. The van der Waals surface area contributed by atoms with Crippen LogP contribution < -0.4 is 5.32 Å². The molecule has 106 valence electrons. The van der Waals surface area contributed by atoms with E-state index in [0.717, 1.165) is 4.90 Å². The minimum Gasteiger partial charge on any atom is -0.448 e. The first-order valence-electron chi connectivity index (χ1n) is 5.91. The lowest BCUT2D eigenvalue weighted by molar-refractivity contribution is -0.136. The summed E-state index contributed by atoms with van der Waals surface area (Å²) in [5.41, 5.74) is 0.00280. The van der Waals surface area contributed by atoms with E-state index in [9.17, 15) is 14.4 Å². The molecule has 0 aliphatic carbocycles. The molecule has 0 radical (unpaired) electrons. The molecular formula is C12H12ClN3O4. The van der Waals surface area contributed by atoms with Crippen LogP contribution in [0.1, 0.15) is 17.4 Å². The zero-order valence-corrected chi connectivity index (χ0v) is 11.4. The molecule has 2 heterocycles. The number of aromatic nitrogens is 1. The number of nitrogens with one attached hydrogen (secondary N) is 1. The molecule has 1 fully saturated rings. The van der Waals surface area contributed by atoms with E-state index in [0.29, 0.717) is 11.6 Å². The predicted molar refractivity (Wildman–Crippen MR) is 69.2 cm³/mol. The standard InChI is InChI=1S/C12H12ClN3O4/c1-7(10(17)16-5-4-15-12(16)19)20-11(18)9-6-8(13)2-3-14-9/h2-3,6-7H,4-5H2,1H3,(H,15,19)/t7-/m1/s1. The van der Waals surface area contributed by atoms with Crippen molar-refractivity contribution < 1.29 is 19.1 Å². The molecule has 20 heavy (non-hydrogen) atoms. The van der Waals surface area contributed by atoms with Gasteiger partial charge in [-0.25, -0.2) is 14.6 Å². The van der Waals surface area contributed by atoms with Crippen LogP contribution in [0.5, 0.6) is 0 Å². The zero-order valence-electron chi connectivity index (χ0n) is 10.6. The topological polar surface area (TPSA) is 88.6 Å². The van der Waals surface area contributed by atoms with E-state index in [2.05, 4.69) is 10.3 Å². The van der Waals surface area contributed by atoms with E-state index in [-0.39, 0.29) is 12.2 Å². The molecule has 1 aliphatic rings. The fourth-order valence-corrected chi connectivity index (χ4v) is 1.85. The number of esters is 1. The molecule has 0 unspecified atom stereocenters. The molecule has 1 saturated heterocycles. The van der Waals surface area contributed by atoms with Gasteiger partial charge in [-0.2, -0.15) is 0 Å². The van der Waals surface area contributed by atoms with Gasteiger partial charge in [-0.15, -0.1) is 0 Å². The third kappa shape index (κ3) is 3.05. The van der Waals surface area contributed by atoms with Crippen LogP contribution in [0.3, 0.4) is 0 Å².